The van der Waals surface area contributed by atoms with Crippen LogP contribution in [0.1, 0.15) is 10.4 Å². The van der Waals surface area contributed by atoms with Gasteiger partial charge in [-0.05, 0) is 36.4 Å². The maximum absolute atomic E-state index is 12.7. The number of benzene rings is 2. The van der Waals surface area contributed by atoms with Crippen molar-refractivity contribution in [3.8, 4) is 5.75 Å². The van der Waals surface area contributed by atoms with Gasteiger partial charge in [0.2, 0.25) is 0 Å². The van der Waals surface area contributed by atoms with Crippen LogP contribution in [0.5, 0.6) is 5.75 Å². The molecule has 2 aromatic rings. The molecule has 0 spiro atoms. The molecule has 6 heteroatoms. The number of aromatic hydroxyl groups is 1. The summed E-state index contributed by atoms with van der Waals surface area (Å²) >= 11 is 11.5. The SMILES string of the molecule is O=C(Nc1ccc(F)cc1)c1cc(Cl)cc(Cl)c1O. The molecule has 0 unspecified atom stereocenters. The molecular formula is C13H8Cl2FNO2. The number of hydrogen-bond acceptors (Lipinski definition) is 2. The summed E-state index contributed by atoms with van der Waals surface area (Å²) in [6.07, 6.45) is 0. The van der Waals surface area contributed by atoms with Crippen LogP contribution in [0.25, 0.3) is 0 Å². The molecule has 0 aromatic heterocycles. The molecule has 2 rings (SSSR count). The van der Waals surface area contributed by atoms with Crippen LogP contribution in [0.15, 0.2) is 36.4 Å². The summed E-state index contributed by atoms with van der Waals surface area (Å²) in [7, 11) is 0. The lowest BCUT2D eigenvalue weighted by Gasteiger charge is -2.08. The minimum atomic E-state index is -0.589. The highest BCUT2D eigenvalue weighted by Crippen LogP contribution is 2.31. The first kappa shape index (κ1) is 13.6. The normalized spacial score (nSPS) is 10.3. The average Bonchev–Trinajstić information content (AvgIpc) is 2.36. The smallest absolute Gasteiger partial charge is 0.259 e. The monoisotopic (exact) mass is 299 g/mol. The van der Waals surface area contributed by atoms with E-state index in [1.54, 1.807) is 0 Å². The Hall–Kier alpha value is -1.78. The van der Waals surface area contributed by atoms with E-state index in [1.807, 2.05) is 0 Å². The summed E-state index contributed by atoms with van der Waals surface area (Å²) in [6, 6.07) is 7.84. The highest BCUT2D eigenvalue weighted by Gasteiger charge is 2.15. The fraction of sp³-hybridized carbons (Fsp3) is 0. The van der Waals surface area contributed by atoms with E-state index in [2.05, 4.69) is 5.32 Å². The molecule has 2 N–H and O–H groups in total. The van der Waals surface area contributed by atoms with Gasteiger partial charge in [0.1, 0.15) is 11.6 Å². The predicted molar refractivity (Wildman–Crippen MR) is 72.5 cm³/mol. The van der Waals surface area contributed by atoms with Crippen LogP contribution in [0.2, 0.25) is 10.0 Å². The van der Waals surface area contributed by atoms with E-state index in [9.17, 15) is 14.3 Å². The lowest BCUT2D eigenvalue weighted by atomic mass is 10.2. The van der Waals surface area contributed by atoms with Gasteiger partial charge in [-0.15, -0.1) is 0 Å². The Bertz CT molecular complexity index is 629. The number of nitrogens with one attached hydrogen (secondary N) is 1. The van der Waals surface area contributed by atoms with E-state index in [1.165, 1.54) is 36.4 Å². The van der Waals surface area contributed by atoms with Gasteiger partial charge >= 0.3 is 0 Å². The summed E-state index contributed by atoms with van der Waals surface area (Å²) in [6.45, 7) is 0. The second-order valence-corrected chi connectivity index (χ2v) is 4.59. The van der Waals surface area contributed by atoms with Gasteiger partial charge in [-0.2, -0.15) is 0 Å². The Morgan fingerprint density at radius 1 is 1.16 bits per heavy atom. The van der Waals surface area contributed by atoms with Gasteiger partial charge in [-0.3, -0.25) is 4.79 Å². The molecule has 0 radical (unpaired) electrons. The standard InChI is InChI=1S/C13H8Cl2FNO2/c14-7-5-10(12(18)11(15)6-7)13(19)17-9-3-1-8(16)2-4-9/h1-6,18H,(H,17,19). The molecule has 0 bridgehead atoms. The van der Waals surface area contributed by atoms with Gasteiger partial charge in [0.15, 0.2) is 0 Å². The van der Waals surface area contributed by atoms with Crippen LogP contribution in [-0.4, -0.2) is 11.0 Å². The predicted octanol–water partition coefficient (Wildman–Crippen LogP) is 4.09. The van der Waals surface area contributed by atoms with Crippen molar-refractivity contribution in [1.82, 2.24) is 0 Å². The first-order chi connectivity index (χ1) is 8.97. The Morgan fingerprint density at radius 3 is 2.42 bits per heavy atom. The van der Waals surface area contributed by atoms with Gasteiger partial charge in [0.25, 0.3) is 5.91 Å². The average molecular weight is 300 g/mol. The minimum absolute atomic E-state index is 0.0169. The van der Waals surface area contributed by atoms with Crippen LogP contribution in [-0.2, 0) is 0 Å². The Balaban J connectivity index is 2.27. The number of halogens is 3. The fourth-order valence-electron chi connectivity index (χ4n) is 1.47. The number of phenols is 1. The number of phenolic OH excluding ortho intramolecular Hbond substituents is 1. The minimum Gasteiger partial charge on any atom is -0.506 e. The second kappa shape index (κ2) is 5.47. The summed E-state index contributed by atoms with van der Waals surface area (Å²) < 4.78 is 12.7. The molecule has 0 aliphatic rings. The molecule has 0 saturated heterocycles. The van der Waals surface area contributed by atoms with Gasteiger partial charge in [-0.1, -0.05) is 23.2 Å². The number of anilines is 1. The molecule has 0 fully saturated rings. The van der Waals surface area contributed by atoms with Crippen molar-refractivity contribution in [2.24, 2.45) is 0 Å². The molecule has 98 valence electrons. The van der Waals surface area contributed by atoms with Crippen molar-refractivity contribution in [1.29, 1.82) is 0 Å². The van der Waals surface area contributed by atoms with Crippen LogP contribution in [0.4, 0.5) is 10.1 Å². The number of rotatable bonds is 2. The second-order valence-electron chi connectivity index (χ2n) is 3.74. The number of hydrogen-bond donors (Lipinski definition) is 2. The molecule has 2 aromatic carbocycles. The topological polar surface area (TPSA) is 49.3 Å². The Kier molecular flexibility index (Phi) is 3.93. The van der Waals surface area contributed by atoms with Crippen LogP contribution >= 0.6 is 23.2 Å². The zero-order valence-corrected chi connectivity index (χ0v) is 11.0. The molecule has 1 amide bonds. The summed E-state index contributed by atoms with van der Waals surface area (Å²) in [5.41, 5.74) is 0.337. The van der Waals surface area contributed by atoms with Crippen molar-refractivity contribution in [2.45, 2.75) is 0 Å². The highest BCUT2D eigenvalue weighted by molar-refractivity contribution is 6.36. The zero-order valence-electron chi connectivity index (χ0n) is 9.45. The van der Waals surface area contributed by atoms with Crippen molar-refractivity contribution < 1.29 is 14.3 Å². The molecule has 0 saturated carbocycles. The summed E-state index contributed by atoms with van der Waals surface area (Å²) in [5, 5.41) is 12.4. The van der Waals surface area contributed by atoms with Crippen LogP contribution in [0, 0.1) is 5.82 Å². The first-order valence-corrected chi connectivity index (χ1v) is 5.98. The van der Waals surface area contributed by atoms with Gasteiger partial charge in [0.05, 0.1) is 10.6 Å². The van der Waals surface area contributed by atoms with Crippen LogP contribution in [0.3, 0.4) is 0 Å². The van der Waals surface area contributed by atoms with Crippen molar-refractivity contribution in [2.75, 3.05) is 5.32 Å². The molecule has 19 heavy (non-hydrogen) atoms. The largest absolute Gasteiger partial charge is 0.506 e. The molecule has 0 aliphatic carbocycles. The van der Waals surface area contributed by atoms with E-state index >= 15 is 0 Å². The molecule has 0 aliphatic heterocycles. The highest BCUT2D eigenvalue weighted by atomic mass is 35.5. The van der Waals surface area contributed by atoms with Gasteiger partial charge in [-0.25, -0.2) is 4.39 Å². The molecule has 0 atom stereocenters. The third-order valence-corrected chi connectivity index (χ3v) is 2.88. The third kappa shape index (κ3) is 3.16. The molecule has 0 heterocycles. The van der Waals surface area contributed by atoms with Gasteiger partial charge in [0, 0.05) is 10.7 Å². The molecule has 3 nitrogen and oxygen atoms in total. The zero-order chi connectivity index (χ0) is 14.0. The maximum atomic E-state index is 12.7. The van der Waals surface area contributed by atoms with E-state index in [0.29, 0.717) is 5.69 Å². The summed E-state index contributed by atoms with van der Waals surface area (Å²) in [4.78, 5) is 11.9. The first-order valence-electron chi connectivity index (χ1n) is 5.22. The Labute approximate surface area is 118 Å². The van der Waals surface area contributed by atoms with Crippen molar-refractivity contribution in [3.63, 3.8) is 0 Å². The van der Waals surface area contributed by atoms with E-state index in [0.717, 1.165) is 0 Å². The maximum Gasteiger partial charge on any atom is 0.259 e. The van der Waals surface area contributed by atoms with Crippen LogP contribution < -0.4 is 5.32 Å². The van der Waals surface area contributed by atoms with E-state index in [4.69, 9.17) is 23.2 Å². The number of amides is 1. The van der Waals surface area contributed by atoms with E-state index in [-0.39, 0.29) is 21.4 Å². The van der Waals surface area contributed by atoms with Crippen molar-refractivity contribution >= 4 is 34.8 Å². The van der Waals surface area contributed by atoms with Crippen molar-refractivity contribution in [3.05, 3.63) is 57.8 Å². The number of carbonyl (C=O) groups is 1. The van der Waals surface area contributed by atoms with E-state index < -0.39 is 11.7 Å². The number of carbonyl (C=O) groups excluding carboxylic acids is 1. The third-order valence-electron chi connectivity index (χ3n) is 2.37. The summed E-state index contributed by atoms with van der Waals surface area (Å²) in [5.74, 6) is -1.36. The fourth-order valence-corrected chi connectivity index (χ4v) is 1.96. The lowest BCUT2D eigenvalue weighted by Crippen LogP contribution is -2.12. The quantitative estimate of drug-likeness (QED) is 0.877. The lowest BCUT2D eigenvalue weighted by molar-refractivity contribution is 0.102. The molecular weight excluding hydrogens is 292 g/mol. The van der Waals surface area contributed by atoms with Gasteiger partial charge < -0.3 is 10.4 Å². The Morgan fingerprint density at radius 2 is 1.79 bits per heavy atom.